The smallest absolute Gasteiger partial charge is 0.341 e. The van der Waals surface area contributed by atoms with Gasteiger partial charge in [-0.25, -0.2) is 4.79 Å². The quantitative estimate of drug-likeness (QED) is 0.507. The number of hydrogen-bond donors (Lipinski definition) is 0. The van der Waals surface area contributed by atoms with Crippen LogP contribution in [0.15, 0.2) is 48.5 Å². The number of rotatable bonds is 2. The molecular formula is C19H14O5. The zero-order valence-corrected chi connectivity index (χ0v) is 13.2. The molecule has 0 saturated heterocycles. The summed E-state index contributed by atoms with van der Waals surface area (Å²) in [7, 11) is 2.90. The minimum atomic E-state index is -0.480. The number of benzene rings is 3. The molecule has 1 aliphatic heterocycles. The molecule has 0 N–H and O–H groups in total. The molecule has 0 spiro atoms. The van der Waals surface area contributed by atoms with E-state index < -0.39 is 5.97 Å². The van der Waals surface area contributed by atoms with Crippen molar-refractivity contribution >= 4 is 16.7 Å². The van der Waals surface area contributed by atoms with E-state index in [1.54, 1.807) is 31.4 Å². The van der Waals surface area contributed by atoms with Gasteiger partial charge < -0.3 is 18.9 Å². The molecule has 0 bridgehead atoms. The van der Waals surface area contributed by atoms with Gasteiger partial charge in [-0.15, -0.1) is 0 Å². The fourth-order valence-corrected chi connectivity index (χ4v) is 2.81. The van der Waals surface area contributed by atoms with Gasteiger partial charge in [-0.2, -0.15) is 0 Å². The molecule has 1 heterocycles. The number of carbonyl (C=O) groups is 1. The second-order valence-electron chi connectivity index (χ2n) is 5.29. The van der Waals surface area contributed by atoms with Crippen LogP contribution in [0.2, 0.25) is 0 Å². The first-order chi connectivity index (χ1) is 11.7. The van der Waals surface area contributed by atoms with Crippen molar-refractivity contribution < 1.29 is 23.7 Å². The predicted molar refractivity (Wildman–Crippen MR) is 88.4 cm³/mol. The van der Waals surface area contributed by atoms with Crippen LogP contribution in [0.1, 0.15) is 10.4 Å². The van der Waals surface area contributed by atoms with E-state index in [4.69, 9.17) is 18.9 Å². The zero-order valence-electron chi connectivity index (χ0n) is 13.2. The van der Waals surface area contributed by atoms with E-state index in [2.05, 4.69) is 0 Å². The highest BCUT2D eigenvalue weighted by atomic mass is 16.6. The van der Waals surface area contributed by atoms with Crippen LogP contribution in [0.25, 0.3) is 10.8 Å². The van der Waals surface area contributed by atoms with E-state index in [0.29, 0.717) is 34.3 Å². The number of methoxy groups -OCH3 is 2. The van der Waals surface area contributed by atoms with Crippen LogP contribution in [0.4, 0.5) is 0 Å². The average molecular weight is 322 g/mol. The van der Waals surface area contributed by atoms with E-state index >= 15 is 0 Å². The summed E-state index contributed by atoms with van der Waals surface area (Å²) < 4.78 is 22.3. The van der Waals surface area contributed by atoms with Crippen LogP contribution in [-0.4, -0.2) is 20.2 Å². The fourth-order valence-electron chi connectivity index (χ4n) is 2.81. The fraction of sp³-hybridized carbons (Fsp3) is 0.105. The molecule has 0 aromatic heterocycles. The number of esters is 1. The number of carbonyl (C=O) groups excluding carboxylic acids is 1. The van der Waals surface area contributed by atoms with Gasteiger partial charge in [0, 0.05) is 5.39 Å². The molecule has 0 saturated carbocycles. The molecule has 24 heavy (non-hydrogen) atoms. The standard InChI is InChI=1S/C19H14O5/c1-21-14-8-5-9-15-18(14)24-16-12-7-4-3-6-11(12)10-13(17(16)23-15)19(20)22-2/h3-10H,1-2H3. The lowest BCUT2D eigenvalue weighted by Gasteiger charge is -2.24. The third kappa shape index (κ3) is 2.06. The van der Waals surface area contributed by atoms with Gasteiger partial charge in [-0.3, -0.25) is 0 Å². The average Bonchev–Trinajstić information content (AvgIpc) is 2.64. The van der Waals surface area contributed by atoms with E-state index in [0.717, 1.165) is 10.8 Å². The predicted octanol–water partition coefficient (Wildman–Crippen LogP) is 4.53. The largest absolute Gasteiger partial charge is 0.493 e. The van der Waals surface area contributed by atoms with Crippen molar-refractivity contribution in [3.8, 4) is 28.7 Å². The molecule has 5 nitrogen and oxygen atoms in total. The van der Waals surface area contributed by atoms with Crippen molar-refractivity contribution in [2.75, 3.05) is 14.2 Å². The summed E-state index contributed by atoms with van der Waals surface area (Å²) in [6, 6.07) is 14.7. The number of para-hydroxylation sites is 1. The van der Waals surface area contributed by atoms with Crippen molar-refractivity contribution in [3.05, 3.63) is 54.1 Å². The molecule has 3 aromatic rings. The highest BCUT2D eigenvalue weighted by molar-refractivity contribution is 6.03. The summed E-state index contributed by atoms with van der Waals surface area (Å²) in [6.07, 6.45) is 0. The van der Waals surface area contributed by atoms with Crippen molar-refractivity contribution in [2.24, 2.45) is 0 Å². The molecule has 0 fully saturated rings. The Morgan fingerprint density at radius 1 is 0.917 bits per heavy atom. The van der Waals surface area contributed by atoms with Gasteiger partial charge in [-0.1, -0.05) is 30.3 Å². The maximum absolute atomic E-state index is 12.2. The number of fused-ring (bicyclic) bond motifs is 4. The molecule has 0 radical (unpaired) electrons. The zero-order chi connectivity index (χ0) is 16.7. The van der Waals surface area contributed by atoms with E-state index in [-0.39, 0.29) is 0 Å². The van der Waals surface area contributed by atoms with Crippen LogP contribution in [0, 0.1) is 0 Å². The lowest BCUT2D eigenvalue weighted by molar-refractivity contribution is 0.0597. The van der Waals surface area contributed by atoms with Crippen LogP contribution in [0.3, 0.4) is 0 Å². The molecule has 0 aliphatic carbocycles. The highest BCUT2D eigenvalue weighted by Gasteiger charge is 2.29. The molecular weight excluding hydrogens is 308 g/mol. The monoisotopic (exact) mass is 322 g/mol. The van der Waals surface area contributed by atoms with E-state index in [9.17, 15) is 4.79 Å². The molecule has 5 heteroatoms. The minimum Gasteiger partial charge on any atom is -0.493 e. The van der Waals surface area contributed by atoms with Crippen molar-refractivity contribution in [3.63, 3.8) is 0 Å². The van der Waals surface area contributed by atoms with Gasteiger partial charge in [-0.05, 0) is 23.6 Å². The first-order valence-corrected chi connectivity index (χ1v) is 7.39. The van der Waals surface area contributed by atoms with Gasteiger partial charge in [0.05, 0.1) is 14.2 Å². The Labute approximate surface area is 138 Å². The van der Waals surface area contributed by atoms with Gasteiger partial charge in [0.1, 0.15) is 5.56 Å². The van der Waals surface area contributed by atoms with E-state index in [1.807, 2.05) is 24.3 Å². The highest BCUT2D eigenvalue weighted by Crippen LogP contribution is 2.53. The Balaban J connectivity index is 2.00. The van der Waals surface area contributed by atoms with Crippen molar-refractivity contribution in [2.45, 2.75) is 0 Å². The van der Waals surface area contributed by atoms with Gasteiger partial charge >= 0.3 is 5.97 Å². The summed E-state index contributed by atoms with van der Waals surface area (Å²) in [5.74, 6) is 1.88. The van der Waals surface area contributed by atoms with Gasteiger partial charge in [0.2, 0.25) is 5.75 Å². The Hall–Kier alpha value is -3.21. The third-order valence-corrected chi connectivity index (χ3v) is 3.94. The summed E-state index contributed by atoms with van der Waals surface area (Å²) in [5.41, 5.74) is 0.319. The van der Waals surface area contributed by atoms with Gasteiger partial charge in [0.25, 0.3) is 0 Å². The molecule has 1 aliphatic rings. The lowest BCUT2D eigenvalue weighted by Crippen LogP contribution is -2.09. The van der Waals surface area contributed by atoms with Crippen LogP contribution >= 0.6 is 0 Å². The Morgan fingerprint density at radius 2 is 1.75 bits per heavy atom. The first kappa shape index (κ1) is 14.4. The molecule has 3 aromatic carbocycles. The molecule has 120 valence electrons. The third-order valence-electron chi connectivity index (χ3n) is 3.94. The molecule has 0 atom stereocenters. The normalized spacial score (nSPS) is 11.8. The minimum absolute atomic E-state index is 0.319. The van der Waals surface area contributed by atoms with Crippen LogP contribution in [-0.2, 0) is 4.74 Å². The second kappa shape index (κ2) is 5.45. The Morgan fingerprint density at radius 3 is 2.54 bits per heavy atom. The number of hydrogen-bond acceptors (Lipinski definition) is 5. The second-order valence-corrected chi connectivity index (χ2v) is 5.29. The molecule has 0 amide bonds. The SMILES string of the molecule is COC(=O)c1cc2ccccc2c2c1Oc1cccc(OC)c1O2. The summed E-state index contributed by atoms with van der Waals surface area (Å²) in [6.45, 7) is 0. The first-order valence-electron chi connectivity index (χ1n) is 7.39. The van der Waals surface area contributed by atoms with Crippen molar-refractivity contribution in [1.82, 2.24) is 0 Å². The van der Waals surface area contributed by atoms with E-state index in [1.165, 1.54) is 7.11 Å². The summed E-state index contributed by atoms with van der Waals surface area (Å²) >= 11 is 0. The van der Waals surface area contributed by atoms with Crippen LogP contribution in [0.5, 0.6) is 28.7 Å². The topological polar surface area (TPSA) is 54.0 Å². The molecule has 4 rings (SSSR count). The Kier molecular flexibility index (Phi) is 3.27. The van der Waals surface area contributed by atoms with Gasteiger partial charge in [0.15, 0.2) is 23.0 Å². The lowest BCUT2D eigenvalue weighted by atomic mass is 10.0. The summed E-state index contributed by atoms with van der Waals surface area (Å²) in [4.78, 5) is 12.2. The van der Waals surface area contributed by atoms with Crippen molar-refractivity contribution in [1.29, 1.82) is 0 Å². The molecule has 0 unspecified atom stereocenters. The maximum Gasteiger partial charge on any atom is 0.341 e. The van der Waals surface area contributed by atoms with Crippen LogP contribution < -0.4 is 14.2 Å². The summed E-state index contributed by atoms with van der Waals surface area (Å²) in [5, 5.41) is 1.70. The Bertz CT molecular complexity index is 961. The maximum atomic E-state index is 12.2. The number of ether oxygens (including phenoxy) is 4.